The van der Waals surface area contributed by atoms with E-state index < -0.39 is 9.84 Å². The molecule has 3 rings (SSSR count). The van der Waals surface area contributed by atoms with Gasteiger partial charge in [-0.1, -0.05) is 19.1 Å². The molecule has 2 fully saturated rings. The van der Waals surface area contributed by atoms with Crippen molar-refractivity contribution in [2.45, 2.75) is 43.4 Å². The first kappa shape index (κ1) is 17.9. The molecule has 1 N–H and O–H groups in total. The average molecular weight is 351 g/mol. The molecule has 0 aliphatic carbocycles. The van der Waals surface area contributed by atoms with Crippen LogP contribution in [0.3, 0.4) is 0 Å². The molecule has 4 nitrogen and oxygen atoms in total. The molecule has 0 unspecified atom stereocenters. The summed E-state index contributed by atoms with van der Waals surface area (Å²) in [5, 5.41) is 3.44. The molecular formula is C19H30N2O2S. The van der Waals surface area contributed by atoms with E-state index in [9.17, 15) is 8.42 Å². The Morgan fingerprint density at radius 3 is 2.50 bits per heavy atom. The minimum atomic E-state index is -3.11. The van der Waals surface area contributed by atoms with Crippen LogP contribution < -0.4 is 5.32 Å². The van der Waals surface area contributed by atoms with Crippen LogP contribution in [0, 0.1) is 5.92 Å². The van der Waals surface area contributed by atoms with E-state index in [1.54, 1.807) is 13.0 Å². The number of nitrogens with zero attached hydrogens (tertiary/aromatic N) is 1. The number of hydrogen-bond acceptors (Lipinski definition) is 4. The largest absolute Gasteiger partial charge is 0.317 e. The second-order valence-corrected chi connectivity index (χ2v) is 9.52. The number of rotatable bonds is 5. The highest BCUT2D eigenvalue weighted by atomic mass is 32.2. The Morgan fingerprint density at radius 1 is 1.12 bits per heavy atom. The molecule has 0 bridgehead atoms. The summed E-state index contributed by atoms with van der Waals surface area (Å²) in [5.74, 6) is 1.52. The van der Waals surface area contributed by atoms with Gasteiger partial charge in [0.2, 0.25) is 0 Å². The number of piperidine rings is 2. The van der Waals surface area contributed by atoms with Crippen molar-refractivity contribution in [3.63, 3.8) is 0 Å². The molecular weight excluding hydrogens is 320 g/mol. The van der Waals surface area contributed by atoms with E-state index in [4.69, 9.17) is 0 Å². The molecule has 134 valence electrons. The monoisotopic (exact) mass is 350 g/mol. The second-order valence-electron chi connectivity index (χ2n) is 7.24. The maximum absolute atomic E-state index is 12.1. The Kier molecular flexibility index (Phi) is 5.95. The molecule has 0 amide bonds. The Balaban J connectivity index is 1.57. The van der Waals surface area contributed by atoms with Crippen LogP contribution in [0.15, 0.2) is 29.2 Å². The predicted molar refractivity (Wildman–Crippen MR) is 98.2 cm³/mol. The number of benzene rings is 1. The maximum Gasteiger partial charge on any atom is 0.178 e. The predicted octanol–water partition coefficient (Wildman–Crippen LogP) is 2.66. The van der Waals surface area contributed by atoms with Gasteiger partial charge in [0.1, 0.15) is 0 Å². The van der Waals surface area contributed by atoms with Gasteiger partial charge in [0.15, 0.2) is 9.84 Å². The molecule has 0 atom stereocenters. The first-order valence-corrected chi connectivity index (χ1v) is 11.0. The van der Waals surface area contributed by atoms with Crippen LogP contribution in [0.1, 0.15) is 44.1 Å². The molecule has 0 saturated carbocycles. The smallest absolute Gasteiger partial charge is 0.178 e. The number of likely N-dealkylation sites (tertiary alicyclic amines) is 1. The summed E-state index contributed by atoms with van der Waals surface area (Å²) in [7, 11) is -3.11. The lowest BCUT2D eigenvalue weighted by molar-refractivity contribution is 0.167. The van der Waals surface area contributed by atoms with Gasteiger partial charge < -0.3 is 10.2 Å². The van der Waals surface area contributed by atoms with Crippen molar-refractivity contribution in [3.8, 4) is 0 Å². The highest BCUT2D eigenvalue weighted by Crippen LogP contribution is 2.30. The fourth-order valence-corrected chi connectivity index (χ4v) is 4.94. The third kappa shape index (κ3) is 4.38. The van der Waals surface area contributed by atoms with Crippen LogP contribution in [0.2, 0.25) is 0 Å². The molecule has 1 aromatic rings. The van der Waals surface area contributed by atoms with Crippen molar-refractivity contribution in [1.82, 2.24) is 10.2 Å². The number of sulfone groups is 1. The Labute approximate surface area is 146 Å². The zero-order valence-electron chi connectivity index (χ0n) is 14.7. The standard InChI is InChI=1S/C19H30N2O2S/c1-2-24(22,23)19-5-3-4-18(14-19)17-8-12-21(13-9-17)15-16-6-10-20-11-7-16/h3-5,14,16-17,20H,2,6-13,15H2,1H3. The van der Waals surface area contributed by atoms with E-state index in [0.717, 1.165) is 31.8 Å². The quantitative estimate of drug-likeness (QED) is 0.887. The van der Waals surface area contributed by atoms with Gasteiger partial charge >= 0.3 is 0 Å². The summed E-state index contributed by atoms with van der Waals surface area (Å²) >= 11 is 0. The maximum atomic E-state index is 12.1. The number of nitrogens with one attached hydrogen (secondary N) is 1. The lowest BCUT2D eigenvalue weighted by Crippen LogP contribution is -2.39. The van der Waals surface area contributed by atoms with Crippen LogP contribution in [0.5, 0.6) is 0 Å². The molecule has 0 spiro atoms. The van der Waals surface area contributed by atoms with Gasteiger partial charge in [-0.25, -0.2) is 8.42 Å². The fraction of sp³-hybridized carbons (Fsp3) is 0.684. The van der Waals surface area contributed by atoms with Gasteiger partial charge in [-0.15, -0.1) is 0 Å². The lowest BCUT2D eigenvalue weighted by atomic mass is 9.88. The first-order valence-electron chi connectivity index (χ1n) is 9.34. The third-order valence-corrected chi connectivity index (χ3v) is 7.36. The van der Waals surface area contributed by atoms with Crippen molar-refractivity contribution >= 4 is 9.84 Å². The Bertz CT molecular complexity index is 631. The van der Waals surface area contributed by atoms with Crippen molar-refractivity contribution in [2.75, 3.05) is 38.5 Å². The highest BCUT2D eigenvalue weighted by molar-refractivity contribution is 7.91. The van der Waals surface area contributed by atoms with Crippen LogP contribution >= 0.6 is 0 Å². The van der Waals surface area contributed by atoms with Crippen LogP contribution in [-0.2, 0) is 9.84 Å². The molecule has 2 heterocycles. The van der Waals surface area contributed by atoms with Gasteiger partial charge in [-0.3, -0.25) is 0 Å². The van der Waals surface area contributed by atoms with E-state index in [1.807, 2.05) is 12.1 Å². The molecule has 2 aliphatic rings. The summed E-state index contributed by atoms with van der Waals surface area (Å²) in [4.78, 5) is 3.10. The van der Waals surface area contributed by atoms with Crippen LogP contribution in [0.4, 0.5) is 0 Å². The Hall–Kier alpha value is -0.910. The minimum Gasteiger partial charge on any atom is -0.317 e. The van der Waals surface area contributed by atoms with E-state index in [-0.39, 0.29) is 5.75 Å². The van der Waals surface area contributed by atoms with Crippen molar-refractivity contribution in [3.05, 3.63) is 29.8 Å². The normalized spacial score (nSPS) is 21.9. The summed E-state index contributed by atoms with van der Waals surface area (Å²) in [6.45, 7) is 7.55. The van der Waals surface area contributed by atoms with E-state index in [0.29, 0.717) is 10.8 Å². The van der Waals surface area contributed by atoms with Crippen molar-refractivity contribution in [2.24, 2.45) is 5.92 Å². The van der Waals surface area contributed by atoms with Crippen LogP contribution in [-0.4, -0.2) is 51.8 Å². The SMILES string of the molecule is CCS(=O)(=O)c1cccc(C2CCN(CC3CCNCC3)CC2)c1. The summed E-state index contributed by atoms with van der Waals surface area (Å²) in [6, 6.07) is 7.64. The van der Waals surface area contributed by atoms with Gasteiger partial charge in [0, 0.05) is 6.54 Å². The highest BCUT2D eigenvalue weighted by Gasteiger charge is 2.24. The zero-order chi connectivity index (χ0) is 17.0. The molecule has 2 aliphatic heterocycles. The molecule has 5 heteroatoms. The van der Waals surface area contributed by atoms with E-state index in [1.165, 1.54) is 38.0 Å². The van der Waals surface area contributed by atoms with Crippen molar-refractivity contribution in [1.29, 1.82) is 0 Å². The molecule has 24 heavy (non-hydrogen) atoms. The molecule has 0 radical (unpaired) electrons. The third-order valence-electron chi connectivity index (χ3n) is 5.63. The van der Waals surface area contributed by atoms with Gasteiger partial charge in [0.05, 0.1) is 10.6 Å². The van der Waals surface area contributed by atoms with E-state index in [2.05, 4.69) is 16.3 Å². The average Bonchev–Trinajstić information content (AvgIpc) is 2.63. The van der Waals surface area contributed by atoms with Crippen LogP contribution in [0.25, 0.3) is 0 Å². The Morgan fingerprint density at radius 2 is 1.83 bits per heavy atom. The zero-order valence-corrected chi connectivity index (χ0v) is 15.5. The summed E-state index contributed by atoms with van der Waals surface area (Å²) in [5.41, 5.74) is 1.20. The summed E-state index contributed by atoms with van der Waals surface area (Å²) < 4.78 is 24.2. The molecule has 2 saturated heterocycles. The molecule has 1 aromatic carbocycles. The fourth-order valence-electron chi connectivity index (χ4n) is 4.01. The second kappa shape index (κ2) is 7.98. The lowest BCUT2D eigenvalue weighted by Gasteiger charge is -2.35. The topological polar surface area (TPSA) is 49.4 Å². The van der Waals surface area contributed by atoms with Gasteiger partial charge in [-0.2, -0.15) is 0 Å². The van der Waals surface area contributed by atoms with Crippen molar-refractivity contribution < 1.29 is 8.42 Å². The number of hydrogen-bond donors (Lipinski definition) is 1. The van der Waals surface area contributed by atoms with Gasteiger partial charge in [-0.05, 0) is 81.4 Å². The first-order chi connectivity index (χ1) is 11.6. The van der Waals surface area contributed by atoms with E-state index >= 15 is 0 Å². The molecule has 0 aromatic heterocycles. The minimum absolute atomic E-state index is 0.172. The van der Waals surface area contributed by atoms with Gasteiger partial charge in [0.25, 0.3) is 0 Å². The summed E-state index contributed by atoms with van der Waals surface area (Å²) in [6.07, 6.45) is 4.88.